The average molecular weight is 698 g/mol. The van der Waals surface area contributed by atoms with E-state index in [1.807, 2.05) is 31.2 Å². The molecule has 2 aliphatic carbocycles. The third-order valence-electron chi connectivity index (χ3n) is 9.70. The molecule has 2 saturated carbocycles. The van der Waals surface area contributed by atoms with Crippen molar-refractivity contribution in [2.24, 2.45) is 17.3 Å². The molecule has 49 heavy (non-hydrogen) atoms. The van der Waals surface area contributed by atoms with Crippen LogP contribution in [0, 0.1) is 24.2 Å². The molecule has 3 fully saturated rings. The van der Waals surface area contributed by atoms with Gasteiger partial charge < -0.3 is 19.1 Å². The highest BCUT2D eigenvalue weighted by molar-refractivity contribution is 7.90. The molecule has 13 heteroatoms. The summed E-state index contributed by atoms with van der Waals surface area (Å²) < 4.78 is 44.9. The van der Waals surface area contributed by atoms with Crippen molar-refractivity contribution in [3.05, 3.63) is 48.7 Å². The van der Waals surface area contributed by atoms with Crippen LogP contribution in [0.25, 0.3) is 10.8 Å². The van der Waals surface area contributed by atoms with Gasteiger partial charge in [0.2, 0.25) is 27.7 Å². The first-order valence-electron chi connectivity index (χ1n) is 16.8. The number of likely N-dealkylation sites (tertiary alicyclic amines) is 1. The van der Waals surface area contributed by atoms with E-state index >= 15 is 0 Å². The van der Waals surface area contributed by atoms with Gasteiger partial charge in [-0.15, -0.1) is 6.58 Å². The molecule has 3 aliphatic rings. The van der Waals surface area contributed by atoms with Crippen molar-refractivity contribution in [3.63, 3.8) is 0 Å². The first-order chi connectivity index (χ1) is 23.0. The number of aryl methyl sites for hydroxylation is 1. The van der Waals surface area contributed by atoms with Crippen molar-refractivity contribution in [3.8, 4) is 5.88 Å². The predicted molar refractivity (Wildman–Crippen MR) is 182 cm³/mol. The van der Waals surface area contributed by atoms with Crippen molar-refractivity contribution in [1.82, 2.24) is 14.6 Å². The van der Waals surface area contributed by atoms with Crippen molar-refractivity contribution >= 4 is 44.4 Å². The fourth-order valence-corrected chi connectivity index (χ4v) is 8.04. The van der Waals surface area contributed by atoms with Crippen LogP contribution in [-0.2, 0) is 38.7 Å². The lowest BCUT2D eigenvalue weighted by molar-refractivity contribution is -0.161. The number of pyridine rings is 1. The normalized spacial score (nSPS) is 24.9. The fraction of sp³-hybridized carbons (Fsp3) is 0.583. The number of aromatic nitrogens is 1. The number of hydrogen-bond donors (Lipinski definition) is 1. The number of carbonyl (C=O) groups excluding carboxylic acids is 4. The lowest BCUT2D eigenvalue weighted by Crippen LogP contribution is -2.48. The Kier molecular flexibility index (Phi) is 10.3. The number of esters is 1. The van der Waals surface area contributed by atoms with Gasteiger partial charge in [0, 0.05) is 31.5 Å². The molecule has 1 aromatic heterocycles. The number of sulfonamides is 1. The molecule has 2 heterocycles. The van der Waals surface area contributed by atoms with E-state index in [2.05, 4.69) is 16.3 Å². The molecule has 1 N–H and O–H groups in total. The maximum Gasteiger partial charge on any atom is 0.307 e. The molecule has 266 valence electrons. The van der Waals surface area contributed by atoms with E-state index in [9.17, 15) is 27.6 Å². The third-order valence-corrected chi connectivity index (χ3v) is 11.5. The van der Waals surface area contributed by atoms with Gasteiger partial charge in [-0.05, 0) is 77.3 Å². The summed E-state index contributed by atoms with van der Waals surface area (Å²) in [4.78, 5) is 60.9. The molecule has 0 bridgehead atoms. The van der Waals surface area contributed by atoms with Gasteiger partial charge in [0.05, 0.1) is 41.7 Å². The Hall–Kier alpha value is -3.84. The minimum absolute atomic E-state index is 0.0144. The molecule has 1 aliphatic heterocycles. The SMILES string of the molecule is C=C[C@@H]1C[C@]1(CC(=O)[C@@H]1C[C@@H](Oc2nccc3cc(C)ccc23)CN1C(=O)[C@@H](CC(=O)OC(C)(C)C)[C@H](C)OC)C(=O)NS(=O)(=O)C1CC1. The van der Waals surface area contributed by atoms with Crippen molar-refractivity contribution in [2.75, 3.05) is 13.7 Å². The number of carbonyl (C=O) groups is 4. The summed E-state index contributed by atoms with van der Waals surface area (Å²) in [6.07, 6.45) is 2.61. The van der Waals surface area contributed by atoms with Gasteiger partial charge in [-0.1, -0.05) is 23.8 Å². The molecular weight excluding hydrogens is 650 g/mol. The number of methoxy groups -OCH3 is 1. The van der Waals surface area contributed by atoms with E-state index in [0.29, 0.717) is 18.7 Å². The van der Waals surface area contributed by atoms with E-state index in [1.54, 1.807) is 40.0 Å². The van der Waals surface area contributed by atoms with Crippen LogP contribution in [0.2, 0.25) is 0 Å². The molecule has 0 spiro atoms. The molecule has 6 atom stereocenters. The number of nitrogens with zero attached hydrogens (tertiary/aromatic N) is 2. The van der Waals surface area contributed by atoms with E-state index in [-0.39, 0.29) is 32.2 Å². The number of fused-ring (bicyclic) bond motifs is 1. The minimum atomic E-state index is -3.85. The molecule has 5 rings (SSSR count). The molecule has 0 radical (unpaired) electrons. The fourth-order valence-electron chi connectivity index (χ4n) is 6.66. The Balaban J connectivity index is 1.43. The zero-order chi connectivity index (χ0) is 35.9. The van der Waals surface area contributed by atoms with Crippen molar-refractivity contribution in [1.29, 1.82) is 0 Å². The Labute approximate surface area is 288 Å². The number of allylic oxidation sites excluding steroid dienone is 1. The highest BCUT2D eigenvalue weighted by Gasteiger charge is 2.61. The minimum Gasteiger partial charge on any atom is -0.472 e. The van der Waals surface area contributed by atoms with Gasteiger partial charge in [-0.25, -0.2) is 13.4 Å². The number of Topliss-reactive ketones (excluding diaryl/α,β-unsaturated/α-hetero) is 1. The summed E-state index contributed by atoms with van der Waals surface area (Å²) in [6.45, 7) is 12.7. The number of hydrogen-bond acceptors (Lipinski definition) is 10. The van der Waals surface area contributed by atoms with E-state index in [1.165, 1.54) is 12.0 Å². The number of ketones is 1. The summed E-state index contributed by atoms with van der Waals surface area (Å²) in [5, 5.41) is 1.09. The van der Waals surface area contributed by atoms with Gasteiger partial charge in [-0.3, -0.25) is 23.9 Å². The topological polar surface area (TPSA) is 158 Å². The summed E-state index contributed by atoms with van der Waals surface area (Å²) in [5.74, 6) is -3.24. The van der Waals surface area contributed by atoms with Gasteiger partial charge >= 0.3 is 5.97 Å². The Morgan fingerprint density at radius 1 is 1.18 bits per heavy atom. The van der Waals surface area contributed by atoms with Crippen LogP contribution in [0.3, 0.4) is 0 Å². The summed E-state index contributed by atoms with van der Waals surface area (Å²) in [5.41, 5.74) is -1.000. The Morgan fingerprint density at radius 3 is 2.51 bits per heavy atom. The summed E-state index contributed by atoms with van der Waals surface area (Å²) in [7, 11) is -2.41. The predicted octanol–water partition coefficient (Wildman–Crippen LogP) is 4.03. The van der Waals surface area contributed by atoms with Gasteiger partial charge in [0.25, 0.3) is 0 Å². The maximum absolute atomic E-state index is 14.4. The number of rotatable bonds is 14. The zero-order valence-corrected chi connectivity index (χ0v) is 29.9. The third kappa shape index (κ3) is 8.15. The monoisotopic (exact) mass is 697 g/mol. The maximum atomic E-state index is 14.4. The van der Waals surface area contributed by atoms with Crippen LogP contribution in [-0.4, -0.2) is 84.6 Å². The van der Waals surface area contributed by atoms with Crippen molar-refractivity contribution in [2.45, 2.75) is 102 Å². The largest absolute Gasteiger partial charge is 0.472 e. The average Bonchev–Trinajstić information content (AvgIpc) is 3.95. The molecule has 2 amide bonds. The number of nitrogens with one attached hydrogen (secondary N) is 1. The van der Waals surface area contributed by atoms with E-state index < -0.39 is 79.9 Å². The van der Waals surface area contributed by atoms with Crippen LogP contribution < -0.4 is 9.46 Å². The molecule has 0 unspecified atom stereocenters. The lowest BCUT2D eigenvalue weighted by Gasteiger charge is -2.31. The standard InChI is InChI=1S/C36H47N3O9S/c1-8-24-18-36(24,34(43)38-49(44,45)26-10-11-26)19-30(40)29-16-25(47-32-27-12-9-21(2)15-23(27)13-14-37-32)20-39(29)33(42)28(22(3)46-7)17-31(41)48-35(4,5)6/h8-9,12-15,22,24-26,28-29H,1,10-11,16-20H2,2-7H3,(H,38,43)/t22-,24+,25+,28-,29-,36+/m0/s1. The smallest absolute Gasteiger partial charge is 0.307 e. The summed E-state index contributed by atoms with van der Waals surface area (Å²) >= 11 is 0. The second kappa shape index (κ2) is 13.8. The zero-order valence-electron chi connectivity index (χ0n) is 29.1. The van der Waals surface area contributed by atoms with Crippen LogP contribution in [0.15, 0.2) is 43.1 Å². The van der Waals surface area contributed by atoms with Crippen LogP contribution in [0.4, 0.5) is 0 Å². The molecule has 2 aromatic rings. The lowest BCUT2D eigenvalue weighted by atomic mass is 9.90. The Morgan fingerprint density at radius 2 is 1.90 bits per heavy atom. The molecule has 12 nitrogen and oxygen atoms in total. The number of benzene rings is 1. The van der Waals surface area contributed by atoms with Gasteiger partial charge in [-0.2, -0.15) is 0 Å². The van der Waals surface area contributed by atoms with Crippen LogP contribution in [0.1, 0.15) is 71.8 Å². The van der Waals surface area contributed by atoms with Gasteiger partial charge in [0.1, 0.15) is 11.7 Å². The van der Waals surface area contributed by atoms with Crippen LogP contribution >= 0.6 is 0 Å². The number of ether oxygens (including phenoxy) is 3. The van der Waals surface area contributed by atoms with Crippen LogP contribution in [0.5, 0.6) is 5.88 Å². The van der Waals surface area contributed by atoms with Crippen molar-refractivity contribution < 1.29 is 41.8 Å². The highest BCUT2D eigenvalue weighted by Crippen LogP contribution is 2.57. The number of amides is 2. The van der Waals surface area contributed by atoms with E-state index in [0.717, 1.165) is 16.3 Å². The Bertz CT molecular complexity index is 1750. The second-order valence-electron chi connectivity index (χ2n) is 14.7. The molecular formula is C36H47N3O9S. The quantitative estimate of drug-likeness (QED) is 0.226. The summed E-state index contributed by atoms with van der Waals surface area (Å²) in [6, 6.07) is 6.72. The van der Waals surface area contributed by atoms with E-state index in [4.69, 9.17) is 14.2 Å². The van der Waals surface area contributed by atoms with Gasteiger partial charge in [0.15, 0.2) is 5.78 Å². The highest BCUT2D eigenvalue weighted by atomic mass is 32.2. The molecule has 1 saturated heterocycles. The first kappa shape index (κ1) is 36.4. The second-order valence-corrected chi connectivity index (χ2v) is 16.6. The first-order valence-corrected chi connectivity index (χ1v) is 18.3. The molecule has 1 aromatic carbocycles.